The lowest BCUT2D eigenvalue weighted by Gasteiger charge is -1.95. The van der Waals surface area contributed by atoms with E-state index in [0.29, 0.717) is 17.3 Å². The van der Waals surface area contributed by atoms with Crippen LogP contribution in [-0.4, -0.2) is 9.97 Å². The average Bonchev–Trinajstić information content (AvgIpc) is 3.19. The van der Waals surface area contributed by atoms with E-state index in [4.69, 9.17) is 11.5 Å². The van der Waals surface area contributed by atoms with Crippen LogP contribution in [0.4, 0.5) is 15.8 Å². The Kier molecular flexibility index (Phi) is 3.72. The maximum Gasteiger partial charge on any atom is 0.216 e. The molecule has 0 saturated heterocycles. The van der Waals surface area contributed by atoms with Gasteiger partial charge in [-0.05, 0) is 30.9 Å². The number of hydrogen-bond donors (Lipinski definition) is 2. The van der Waals surface area contributed by atoms with Crippen molar-refractivity contribution in [3.05, 3.63) is 48.3 Å². The lowest BCUT2D eigenvalue weighted by molar-refractivity contribution is 0.567. The average molecular weight is 246 g/mol. The minimum absolute atomic E-state index is 0.287. The molecule has 0 spiro atoms. The van der Waals surface area contributed by atoms with Crippen molar-refractivity contribution in [2.45, 2.75) is 18.8 Å². The van der Waals surface area contributed by atoms with Crippen molar-refractivity contribution < 1.29 is 4.39 Å². The topological polar surface area (TPSA) is 77.8 Å². The molecule has 0 radical (unpaired) electrons. The molecular weight excluding hydrogens is 231 g/mol. The number of nitrogens with zero attached hydrogens (tertiary/aromatic N) is 2. The first-order valence-electron chi connectivity index (χ1n) is 5.74. The Morgan fingerprint density at radius 3 is 2.39 bits per heavy atom. The molecule has 5 heteroatoms. The second-order valence-electron chi connectivity index (χ2n) is 4.16. The van der Waals surface area contributed by atoms with Crippen molar-refractivity contribution in [3.8, 4) is 0 Å². The van der Waals surface area contributed by atoms with Gasteiger partial charge in [-0.1, -0.05) is 6.07 Å². The van der Waals surface area contributed by atoms with Gasteiger partial charge in [0.05, 0.1) is 17.6 Å². The molecule has 2 aromatic heterocycles. The van der Waals surface area contributed by atoms with Crippen LogP contribution in [0.5, 0.6) is 0 Å². The van der Waals surface area contributed by atoms with Gasteiger partial charge >= 0.3 is 0 Å². The maximum absolute atomic E-state index is 12.8. The Morgan fingerprint density at radius 1 is 1.11 bits per heavy atom. The highest BCUT2D eigenvalue weighted by Crippen LogP contribution is 2.40. The summed E-state index contributed by atoms with van der Waals surface area (Å²) in [7, 11) is 0. The van der Waals surface area contributed by atoms with Gasteiger partial charge in [0.15, 0.2) is 0 Å². The van der Waals surface area contributed by atoms with Gasteiger partial charge in [0.2, 0.25) is 5.95 Å². The molecule has 1 aliphatic carbocycles. The molecule has 94 valence electrons. The van der Waals surface area contributed by atoms with Crippen molar-refractivity contribution >= 4 is 11.4 Å². The number of pyridine rings is 2. The normalized spacial score (nSPS) is 13.6. The third-order valence-corrected chi connectivity index (χ3v) is 2.69. The lowest BCUT2D eigenvalue weighted by atomic mass is 10.2. The van der Waals surface area contributed by atoms with E-state index >= 15 is 0 Å². The summed E-state index contributed by atoms with van der Waals surface area (Å²) in [5, 5.41) is 0. The van der Waals surface area contributed by atoms with Crippen LogP contribution in [0.25, 0.3) is 0 Å². The second kappa shape index (κ2) is 5.44. The Bertz CT molecular complexity index is 505. The van der Waals surface area contributed by atoms with Gasteiger partial charge in [-0.3, -0.25) is 4.98 Å². The van der Waals surface area contributed by atoms with Gasteiger partial charge in [-0.15, -0.1) is 0 Å². The zero-order valence-electron chi connectivity index (χ0n) is 9.88. The van der Waals surface area contributed by atoms with Gasteiger partial charge < -0.3 is 11.5 Å². The van der Waals surface area contributed by atoms with Crippen LogP contribution in [0.2, 0.25) is 0 Å². The highest BCUT2D eigenvalue weighted by atomic mass is 19.1. The number of halogens is 1. The molecule has 0 bridgehead atoms. The highest BCUT2D eigenvalue weighted by molar-refractivity contribution is 5.60. The molecule has 0 unspecified atom stereocenters. The van der Waals surface area contributed by atoms with Crippen LogP contribution in [0, 0.1) is 5.95 Å². The molecule has 1 fully saturated rings. The van der Waals surface area contributed by atoms with Crippen molar-refractivity contribution in [3.63, 3.8) is 0 Å². The zero-order valence-corrected chi connectivity index (χ0v) is 9.88. The van der Waals surface area contributed by atoms with Gasteiger partial charge in [0.1, 0.15) is 0 Å². The Balaban J connectivity index is 0.000000138. The number of aromatic nitrogens is 2. The molecule has 4 N–H and O–H groups in total. The van der Waals surface area contributed by atoms with Gasteiger partial charge in [-0.25, -0.2) is 4.98 Å². The molecule has 0 amide bonds. The summed E-state index contributed by atoms with van der Waals surface area (Å²) < 4.78 is 12.8. The SMILES string of the molecule is Fc1ncccc1C1CC1.Nc1ccncc1N. The number of nitrogen functional groups attached to an aromatic ring is 2. The molecule has 0 aliphatic heterocycles. The molecule has 1 aliphatic rings. The number of nitrogens with two attached hydrogens (primary N) is 2. The van der Waals surface area contributed by atoms with Crippen LogP contribution in [-0.2, 0) is 0 Å². The van der Waals surface area contributed by atoms with Crippen molar-refractivity contribution in [1.82, 2.24) is 9.97 Å². The van der Waals surface area contributed by atoms with E-state index in [1.54, 1.807) is 18.3 Å². The summed E-state index contributed by atoms with van der Waals surface area (Å²) in [5.41, 5.74) is 12.6. The third-order valence-electron chi connectivity index (χ3n) is 2.69. The molecule has 18 heavy (non-hydrogen) atoms. The molecule has 0 atom stereocenters. The van der Waals surface area contributed by atoms with E-state index in [9.17, 15) is 4.39 Å². The van der Waals surface area contributed by atoms with Crippen molar-refractivity contribution in [2.75, 3.05) is 11.5 Å². The summed E-state index contributed by atoms with van der Waals surface area (Å²) >= 11 is 0. The molecular formula is C13H15FN4. The van der Waals surface area contributed by atoms with E-state index in [1.807, 2.05) is 6.07 Å². The first kappa shape index (κ1) is 12.3. The summed E-state index contributed by atoms with van der Waals surface area (Å²) in [4.78, 5) is 7.31. The van der Waals surface area contributed by atoms with Crippen LogP contribution >= 0.6 is 0 Å². The van der Waals surface area contributed by atoms with Crippen LogP contribution in [0.1, 0.15) is 24.3 Å². The Labute approximate surface area is 105 Å². The number of anilines is 2. The number of hydrogen-bond acceptors (Lipinski definition) is 4. The number of rotatable bonds is 1. The predicted octanol–water partition coefficient (Wildman–Crippen LogP) is 2.34. The quantitative estimate of drug-likeness (QED) is 0.757. The summed E-state index contributed by atoms with van der Waals surface area (Å²) in [6, 6.07) is 5.27. The van der Waals surface area contributed by atoms with Crippen LogP contribution < -0.4 is 11.5 Å². The summed E-state index contributed by atoms with van der Waals surface area (Å²) in [5.74, 6) is 0.179. The van der Waals surface area contributed by atoms with Gasteiger partial charge in [-0.2, -0.15) is 4.39 Å². The molecule has 1 saturated carbocycles. The van der Waals surface area contributed by atoms with E-state index in [0.717, 1.165) is 18.4 Å². The van der Waals surface area contributed by atoms with Crippen LogP contribution in [0.3, 0.4) is 0 Å². The largest absolute Gasteiger partial charge is 0.397 e. The first-order chi connectivity index (χ1) is 8.68. The second-order valence-corrected chi connectivity index (χ2v) is 4.16. The summed E-state index contributed by atoms with van der Waals surface area (Å²) in [6.45, 7) is 0. The standard InChI is InChI=1S/C8H8FN.C5H7N3/c9-8-7(6-3-4-6)2-1-5-10-8;6-4-1-2-8-3-5(4)7/h1-2,5-6H,3-4H2;1-3H,7H2,(H2,6,8). The van der Waals surface area contributed by atoms with Gasteiger partial charge in [0.25, 0.3) is 0 Å². The fraction of sp³-hybridized carbons (Fsp3) is 0.231. The minimum Gasteiger partial charge on any atom is -0.397 e. The van der Waals surface area contributed by atoms with E-state index in [-0.39, 0.29) is 5.95 Å². The fourth-order valence-corrected chi connectivity index (χ4v) is 1.51. The molecule has 0 aromatic carbocycles. The molecule has 3 rings (SSSR count). The Hall–Kier alpha value is -2.17. The van der Waals surface area contributed by atoms with Crippen molar-refractivity contribution in [1.29, 1.82) is 0 Å². The Morgan fingerprint density at radius 2 is 1.89 bits per heavy atom. The van der Waals surface area contributed by atoms with Crippen molar-refractivity contribution in [2.24, 2.45) is 0 Å². The van der Waals surface area contributed by atoms with E-state index in [2.05, 4.69) is 9.97 Å². The monoisotopic (exact) mass is 246 g/mol. The van der Waals surface area contributed by atoms with E-state index in [1.165, 1.54) is 12.4 Å². The highest BCUT2D eigenvalue weighted by Gasteiger charge is 2.26. The summed E-state index contributed by atoms with van der Waals surface area (Å²) in [6.07, 6.45) is 6.87. The maximum atomic E-state index is 12.8. The third kappa shape index (κ3) is 3.16. The molecule has 4 nitrogen and oxygen atoms in total. The first-order valence-corrected chi connectivity index (χ1v) is 5.74. The minimum atomic E-state index is -0.287. The van der Waals surface area contributed by atoms with E-state index < -0.39 is 0 Å². The predicted molar refractivity (Wildman–Crippen MR) is 69.2 cm³/mol. The molecule has 2 heterocycles. The van der Waals surface area contributed by atoms with Crippen LogP contribution in [0.15, 0.2) is 36.8 Å². The lowest BCUT2D eigenvalue weighted by Crippen LogP contribution is -1.93. The zero-order chi connectivity index (χ0) is 13.0. The molecule has 2 aromatic rings. The fourth-order valence-electron chi connectivity index (χ4n) is 1.51. The van der Waals surface area contributed by atoms with Gasteiger partial charge in [0, 0.05) is 18.0 Å². The smallest absolute Gasteiger partial charge is 0.216 e.